The number of rotatable bonds is 6. The van der Waals surface area contributed by atoms with Crippen LogP contribution in [0, 0.1) is 17.5 Å². The molecule has 1 N–H and O–H groups in total. The highest BCUT2D eigenvalue weighted by Crippen LogP contribution is 2.24. The van der Waals surface area contributed by atoms with Gasteiger partial charge in [0.2, 0.25) is 0 Å². The Bertz CT molecular complexity index is 589. The maximum absolute atomic E-state index is 13.9. The van der Waals surface area contributed by atoms with Gasteiger partial charge in [-0.15, -0.1) is 0 Å². The number of halogens is 3. The lowest BCUT2D eigenvalue weighted by atomic mass is 10.0. The van der Waals surface area contributed by atoms with Crippen molar-refractivity contribution in [2.45, 2.75) is 32.4 Å². The third kappa shape index (κ3) is 3.41. The van der Waals surface area contributed by atoms with Gasteiger partial charge in [-0.05, 0) is 13.5 Å². The second kappa shape index (κ2) is 6.71. The molecule has 0 radical (unpaired) electrons. The Morgan fingerprint density at radius 3 is 2.48 bits per heavy atom. The predicted molar refractivity (Wildman–Crippen MR) is 72.1 cm³/mol. The number of likely N-dealkylation sites (N-methyl/N-ethyl adjacent to an activating group) is 1. The smallest absolute Gasteiger partial charge is 0.138 e. The van der Waals surface area contributed by atoms with Crippen molar-refractivity contribution >= 4 is 0 Å². The Morgan fingerprint density at radius 1 is 1.24 bits per heavy atom. The van der Waals surface area contributed by atoms with E-state index in [9.17, 15) is 13.2 Å². The molecule has 1 aromatic carbocycles. The first kappa shape index (κ1) is 15.5. The van der Waals surface area contributed by atoms with Gasteiger partial charge in [0.15, 0.2) is 0 Å². The molecular formula is C14H17F3N4. The highest BCUT2D eigenvalue weighted by atomic mass is 19.1. The molecule has 2 rings (SSSR count). The molecule has 1 heterocycles. The molecule has 0 amide bonds. The lowest BCUT2D eigenvalue weighted by Crippen LogP contribution is -2.23. The van der Waals surface area contributed by atoms with Crippen LogP contribution in [0.15, 0.2) is 18.5 Å². The van der Waals surface area contributed by atoms with Gasteiger partial charge in [0.25, 0.3) is 0 Å². The molecule has 0 saturated carbocycles. The second-order valence-corrected chi connectivity index (χ2v) is 4.73. The summed E-state index contributed by atoms with van der Waals surface area (Å²) in [7, 11) is 1.59. The second-order valence-electron chi connectivity index (χ2n) is 4.73. The predicted octanol–water partition coefficient (Wildman–Crippen LogP) is 2.61. The van der Waals surface area contributed by atoms with E-state index >= 15 is 0 Å². The lowest BCUT2D eigenvalue weighted by Gasteiger charge is -2.18. The summed E-state index contributed by atoms with van der Waals surface area (Å²) >= 11 is 0. The Balaban J connectivity index is 2.30. The molecule has 1 atom stereocenters. The lowest BCUT2D eigenvalue weighted by molar-refractivity contribution is 0.459. The van der Waals surface area contributed by atoms with E-state index in [0.29, 0.717) is 24.5 Å². The summed E-state index contributed by atoms with van der Waals surface area (Å²) in [6.07, 6.45) is 2.55. The fraction of sp³-hybridized carbons (Fsp3) is 0.429. The number of hydrogen-bond acceptors (Lipinski definition) is 3. The highest BCUT2D eigenvalue weighted by molar-refractivity contribution is 5.25. The summed E-state index contributed by atoms with van der Waals surface area (Å²) in [5, 5.41) is 6.92. The summed E-state index contributed by atoms with van der Waals surface area (Å²) in [5.41, 5.74) is -0.190. The normalized spacial score (nSPS) is 12.6. The van der Waals surface area contributed by atoms with Crippen molar-refractivity contribution in [2.75, 3.05) is 7.05 Å². The van der Waals surface area contributed by atoms with E-state index in [-0.39, 0.29) is 12.0 Å². The molecule has 7 heteroatoms. The minimum atomic E-state index is -0.933. The molecule has 21 heavy (non-hydrogen) atoms. The summed E-state index contributed by atoms with van der Waals surface area (Å²) in [6, 6.07) is 0.712. The third-order valence-corrected chi connectivity index (χ3v) is 3.26. The van der Waals surface area contributed by atoms with Crippen LogP contribution in [0.5, 0.6) is 0 Å². The zero-order valence-corrected chi connectivity index (χ0v) is 11.9. The van der Waals surface area contributed by atoms with Crippen LogP contribution in [0.2, 0.25) is 0 Å². The van der Waals surface area contributed by atoms with Crippen molar-refractivity contribution in [1.29, 1.82) is 0 Å². The van der Waals surface area contributed by atoms with Gasteiger partial charge in [-0.1, -0.05) is 6.92 Å². The maximum atomic E-state index is 13.9. The number of aromatic nitrogens is 3. The number of hydrogen-bond donors (Lipinski definition) is 1. The van der Waals surface area contributed by atoms with Crippen molar-refractivity contribution in [3.8, 4) is 0 Å². The number of benzene rings is 1. The zero-order valence-electron chi connectivity index (χ0n) is 11.9. The third-order valence-electron chi connectivity index (χ3n) is 3.26. The van der Waals surface area contributed by atoms with Gasteiger partial charge in [-0.3, -0.25) is 4.68 Å². The molecule has 0 aliphatic rings. The fourth-order valence-corrected chi connectivity index (χ4v) is 2.26. The molecule has 0 spiro atoms. The van der Waals surface area contributed by atoms with Gasteiger partial charge < -0.3 is 5.32 Å². The first-order chi connectivity index (χ1) is 10.1. The number of aryl methyl sites for hydroxylation is 1. The van der Waals surface area contributed by atoms with Gasteiger partial charge in [-0.2, -0.15) is 5.10 Å². The van der Waals surface area contributed by atoms with Crippen LogP contribution in [-0.4, -0.2) is 21.8 Å². The van der Waals surface area contributed by atoms with E-state index in [1.165, 1.54) is 6.33 Å². The molecule has 114 valence electrons. The molecule has 2 aromatic rings. The maximum Gasteiger partial charge on any atom is 0.138 e. The number of nitrogens with one attached hydrogen (secondary N) is 1. The molecule has 0 fully saturated rings. The van der Waals surface area contributed by atoms with E-state index in [4.69, 9.17) is 0 Å². The van der Waals surface area contributed by atoms with E-state index < -0.39 is 23.5 Å². The molecule has 4 nitrogen and oxygen atoms in total. The molecule has 1 aromatic heterocycles. The van der Waals surface area contributed by atoms with Gasteiger partial charge in [0.1, 0.15) is 29.6 Å². The average molecular weight is 298 g/mol. The van der Waals surface area contributed by atoms with Crippen LogP contribution >= 0.6 is 0 Å². The fourth-order valence-electron chi connectivity index (χ4n) is 2.26. The first-order valence-electron chi connectivity index (χ1n) is 6.75. The summed E-state index contributed by atoms with van der Waals surface area (Å²) < 4.78 is 42.4. The number of nitrogens with zero attached hydrogens (tertiary/aromatic N) is 3. The summed E-state index contributed by atoms with van der Waals surface area (Å²) in [4.78, 5) is 4.12. The van der Waals surface area contributed by atoms with Crippen LogP contribution in [0.1, 0.15) is 30.8 Å². The molecule has 0 bridgehead atoms. The minimum absolute atomic E-state index is 0.190. The Morgan fingerprint density at radius 2 is 1.90 bits per heavy atom. The largest absolute Gasteiger partial charge is 0.312 e. The van der Waals surface area contributed by atoms with E-state index in [1.807, 2.05) is 6.92 Å². The van der Waals surface area contributed by atoms with Crippen LogP contribution in [0.4, 0.5) is 13.2 Å². The van der Waals surface area contributed by atoms with Crippen molar-refractivity contribution in [3.05, 3.63) is 47.3 Å². The summed E-state index contributed by atoms with van der Waals surface area (Å²) in [5.74, 6) is -2.13. The molecule has 0 saturated heterocycles. The van der Waals surface area contributed by atoms with Crippen LogP contribution < -0.4 is 5.32 Å². The van der Waals surface area contributed by atoms with Gasteiger partial charge >= 0.3 is 0 Å². The highest BCUT2D eigenvalue weighted by Gasteiger charge is 2.22. The van der Waals surface area contributed by atoms with Crippen molar-refractivity contribution < 1.29 is 13.2 Å². The van der Waals surface area contributed by atoms with Gasteiger partial charge in [0, 0.05) is 36.7 Å². The Hall–Kier alpha value is -1.89. The van der Waals surface area contributed by atoms with Crippen LogP contribution in [-0.2, 0) is 13.0 Å². The Kier molecular flexibility index (Phi) is 4.95. The first-order valence-corrected chi connectivity index (χ1v) is 6.75. The molecule has 0 aliphatic heterocycles. The van der Waals surface area contributed by atoms with Crippen molar-refractivity contribution in [2.24, 2.45) is 0 Å². The van der Waals surface area contributed by atoms with Crippen LogP contribution in [0.3, 0.4) is 0 Å². The minimum Gasteiger partial charge on any atom is -0.312 e. The van der Waals surface area contributed by atoms with Gasteiger partial charge in [0.05, 0.1) is 0 Å². The summed E-state index contributed by atoms with van der Waals surface area (Å²) in [6.45, 7) is 2.68. The molecule has 0 aliphatic carbocycles. The monoisotopic (exact) mass is 298 g/mol. The average Bonchev–Trinajstić information content (AvgIpc) is 2.84. The topological polar surface area (TPSA) is 42.7 Å². The van der Waals surface area contributed by atoms with E-state index in [0.717, 1.165) is 6.42 Å². The SMILES string of the molecule is CCCn1ncnc1CC(NC)c1c(F)cc(F)cc1F. The van der Waals surface area contributed by atoms with E-state index in [1.54, 1.807) is 11.7 Å². The zero-order chi connectivity index (χ0) is 15.4. The van der Waals surface area contributed by atoms with E-state index in [2.05, 4.69) is 15.4 Å². The van der Waals surface area contributed by atoms with Crippen molar-refractivity contribution in [3.63, 3.8) is 0 Å². The standard InChI is InChI=1S/C14H17F3N4/c1-3-4-21-13(19-8-20-21)7-12(18-2)14-10(16)5-9(15)6-11(14)17/h5-6,8,12,18H,3-4,7H2,1-2H3. The van der Waals surface area contributed by atoms with Gasteiger partial charge in [-0.25, -0.2) is 18.2 Å². The molecule has 1 unspecified atom stereocenters. The Labute approximate surface area is 121 Å². The quantitative estimate of drug-likeness (QED) is 0.891. The molecular weight excluding hydrogens is 281 g/mol. The van der Waals surface area contributed by atoms with Crippen LogP contribution in [0.25, 0.3) is 0 Å². The van der Waals surface area contributed by atoms with Crippen molar-refractivity contribution in [1.82, 2.24) is 20.1 Å².